The molecule has 2 aromatic carbocycles. The number of hydrogen-bond acceptors (Lipinski definition) is 8. The van der Waals surface area contributed by atoms with Crippen molar-refractivity contribution in [1.29, 1.82) is 0 Å². The molecule has 0 saturated heterocycles. The summed E-state index contributed by atoms with van der Waals surface area (Å²) in [4.78, 5) is 27.0. The van der Waals surface area contributed by atoms with Crippen molar-refractivity contribution >= 4 is 27.7 Å². The Morgan fingerprint density at radius 2 is 1.61 bits per heavy atom. The monoisotopic (exact) mass is 473 g/mol. The van der Waals surface area contributed by atoms with Crippen LogP contribution in [0.25, 0.3) is 16.9 Å². The molecule has 1 heterocycles. The van der Waals surface area contributed by atoms with Crippen molar-refractivity contribution < 1.29 is 32.0 Å². The van der Waals surface area contributed by atoms with Gasteiger partial charge in [-0.2, -0.15) is 13.5 Å². The maximum atomic E-state index is 12.7. The molecule has 0 aliphatic heterocycles. The van der Waals surface area contributed by atoms with Gasteiger partial charge in [0.05, 0.1) is 25.7 Å². The number of hydrogen-bond donors (Lipinski definition) is 1. The minimum atomic E-state index is -4.09. The molecule has 0 aliphatic rings. The van der Waals surface area contributed by atoms with Crippen LogP contribution in [-0.4, -0.2) is 68.3 Å². The number of carbonyl (C=O) groups is 2. The molecule has 0 aliphatic carbocycles. The van der Waals surface area contributed by atoms with E-state index < -0.39 is 27.8 Å². The molecule has 0 unspecified atom stereocenters. The van der Waals surface area contributed by atoms with E-state index in [-0.39, 0.29) is 23.5 Å². The van der Waals surface area contributed by atoms with E-state index in [1.165, 1.54) is 18.9 Å². The molecule has 0 spiro atoms. The van der Waals surface area contributed by atoms with Gasteiger partial charge in [0.2, 0.25) is 0 Å². The highest BCUT2D eigenvalue weighted by molar-refractivity contribution is 7.85. The molecule has 11 heteroatoms. The number of carbonyl (C=O) groups excluding carboxylic acids is 2. The largest absolute Gasteiger partial charge is 0.465 e. The number of nitrogens with zero attached hydrogens (tertiary/aromatic N) is 3. The lowest BCUT2D eigenvalue weighted by atomic mass is 10.0. The lowest BCUT2D eigenvalue weighted by Gasteiger charge is -2.18. The molecule has 33 heavy (non-hydrogen) atoms. The van der Waals surface area contributed by atoms with Crippen LogP contribution in [0, 0.1) is 0 Å². The Morgan fingerprint density at radius 1 is 1.00 bits per heavy atom. The van der Waals surface area contributed by atoms with E-state index >= 15 is 0 Å². The maximum absolute atomic E-state index is 12.7. The summed E-state index contributed by atoms with van der Waals surface area (Å²) in [5, 5.41) is 4.52. The summed E-state index contributed by atoms with van der Waals surface area (Å²) in [7, 11) is 0.0146. The van der Waals surface area contributed by atoms with Gasteiger partial charge in [0.25, 0.3) is 10.1 Å². The average molecular weight is 474 g/mol. The second-order valence-electron chi connectivity index (χ2n) is 7.06. The van der Waals surface area contributed by atoms with Crippen LogP contribution in [0.2, 0.25) is 0 Å². The van der Waals surface area contributed by atoms with Crippen LogP contribution in [0.1, 0.15) is 20.8 Å². The van der Waals surface area contributed by atoms with E-state index in [9.17, 15) is 18.0 Å². The van der Waals surface area contributed by atoms with Gasteiger partial charge in [-0.1, -0.05) is 30.3 Å². The number of rotatable bonds is 8. The number of esters is 2. The molecule has 0 saturated carbocycles. The fourth-order valence-corrected chi connectivity index (χ4v) is 3.72. The predicted molar refractivity (Wildman–Crippen MR) is 121 cm³/mol. The maximum Gasteiger partial charge on any atom is 0.357 e. The number of aromatic nitrogens is 2. The van der Waals surface area contributed by atoms with Crippen LogP contribution in [0.15, 0.2) is 54.6 Å². The molecule has 3 rings (SSSR count). The Kier molecular flexibility index (Phi) is 7.14. The van der Waals surface area contributed by atoms with Gasteiger partial charge in [-0.15, -0.1) is 0 Å². The van der Waals surface area contributed by atoms with E-state index in [4.69, 9.17) is 14.0 Å². The summed E-state index contributed by atoms with van der Waals surface area (Å²) in [6.45, 7) is 0.0840. The van der Waals surface area contributed by atoms with Crippen LogP contribution in [0.4, 0.5) is 5.69 Å². The molecule has 10 nitrogen and oxygen atoms in total. The molecular weight excluding hydrogens is 450 g/mol. The Balaban J connectivity index is 2.09. The van der Waals surface area contributed by atoms with Gasteiger partial charge in [0, 0.05) is 24.8 Å². The van der Waals surface area contributed by atoms with Gasteiger partial charge in [-0.25, -0.2) is 14.3 Å². The zero-order chi connectivity index (χ0) is 24.2. The van der Waals surface area contributed by atoms with E-state index in [1.807, 2.05) is 6.07 Å². The lowest BCUT2D eigenvalue weighted by Crippen LogP contribution is -2.24. The number of para-hydroxylation sites is 1. The first-order chi connectivity index (χ1) is 15.7. The zero-order valence-corrected chi connectivity index (χ0v) is 19.1. The van der Waals surface area contributed by atoms with Gasteiger partial charge in [0.1, 0.15) is 11.3 Å². The smallest absolute Gasteiger partial charge is 0.357 e. The molecular formula is C22H23N3O7S. The highest BCUT2D eigenvalue weighted by Gasteiger charge is 2.31. The molecule has 1 N–H and O–H groups in total. The van der Waals surface area contributed by atoms with Crippen molar-refractivity contribution in [2.45, 2.75) is 0 Å². The number of benzene rings is 2. The SMILES string of the molecule is COC(=O)c1c(-c2ccc(N(C)CCS(=O)(=O)O)cc2)nn(-c2ccccc2)c1C(=O)OC. The molecule has 0 fully saturated rings. The third-order valence-corrected chi connectivity index (χ3v) is 5.62. The molecule has 0 atom stereocenters. The van der Waals surface area contributed by atoms with Gasteiger partial charge >= 0.3 is 11.9 Å². The van der Waals surface area contributed by atoms with Crippen LogP contribution in [0.3, 0.4) is 0 Å². The minimum absolute atomic E-state index is 0.0410. The highest BCUT2D eigenvalue weighted by atomic mass is 32.2. The first-order valence-corrected chi connectivity index (χ1v) is 11.4. The summed E-state index contributed by atoms with van der Waals surface area (Å²) in [6.07, 6.45) is 0. The molecule has 0 radical (unpaired) electrons. The second kappa shape index (κ2) is 9.84. The normalized spacial score (nSPS) is 11.2. The summed E-state index contributed by atoms with van der Waals surface area (Å²) in [5.41, 5.74) is 1.87. The lowest BCUT2D eigenvalue weighted by molar-refractivity contribution is 0.0549. The molecule has 0 bridgehead atoms. The highest BCUT2D eigenvalue weighted by Crippen LogP contribution is 2.30. The van der Waals surface area contributed by atoms with Gasteiger partial charge in [-0.05, 0) is 24.3 Å². The number of methoxy groups -OCH3 is 2. The molecule has 174 valence electrons. The van der Waals surface area contributed by atoms with Crippen molar-refractivity contribution in [3.05, 3.63) is 65.9 Å². The first kappa shape index (κ1) is 24.0. The van der Waals surface area contributed by atoms with Gasteiger partial charge < -0.3 is 14.4 Å². The van der Waals surface area contributed by atoms with Gasteiger partial charge in [0.15, 0.2) is 5.69 Å². The third kappa shape index (κ3) is 5.38. The van der Waals surface area contributed by atoms with Crippen molar-refractivity contribution in [2.24, 2.45) is 0 Å². The Bertz CT molecular complexity index is 1250. The van der Waals surface area contributed by atoms with E-state index in [1.54, 1.807) is 60.5 Å². The van der Waals surface area contributed by atoms with E-state index in [2.05, 4.69) is 5.10 Å². The van der Waals surface area contributed by atoms with E-state index in [0.717, 1.165) is 0 Å². The molecule has 0 amide bonds. The summed E-state index contributed by atoms with van der Waals surface area (Å²) in [6, 6.07) is 15.6. The Hall–Kier alpha value is -3.70. The predicted octanol–water partition coefficient (Wildman–Crippen LogP) is 2.44. The second-order valence-corrected chi connectivity index (χ2v) is 8.63. The van der Waals surface area contributed by atoms with Crippen molar-refractivity contribution in [2.75, 3.05) is 38.5 Å². The average Bonchev–Trinajstić information content (AvgIpc) is 3.22. The minimum Gasteiger partial charge on any atom is -0.465 e. The topological polar surface area (TPSA) is 128 Å². The summed E-state index contributed by atoms with van der Waals surface area (Å²) >= 11 is 0. The van der Waals surface area contributed by atoms with Crippen LogP contribution >= 0.6 is 0 Å². The van der Waals surface area contributed by atoms with Crippen LogP contribution in [-0.2, 0) is 19.6 Å². The standard InChI is InChI=1S/C22H23N3O7S/c1-24(13-14-33(28,29)30)16-11-9-15(10-12-16)19-18(21(26)31-2)20(22(27)32-3)25(23-19)17-7-5-4-6-8-17/h4-12H,13-14H2,1-3H3,(H,28,29,30). The Morgan fingerprint density at radius 3 is 2.15 bits per heavy atom. The quantitative estimate of drug-likeness (QED) is 0.387. The zero-order valence-electron chi connectivity index (χ0n) is 18.3. The third-order valence-electron chi connectivity index (χ3n) is 4.92. The van der Waals surface area contributed by atoms with Crippen LogP contribution in [0.5, 0.6) is 0 Å². The molecule has 1 aromatic heterocycles. The summed E-state index contributed by atoms with van der Waals surface area (Å²) in [5.74, 6) is -1.91. The van der Waals surface area contributed by atoms with E-state index in [0.29, 0.717) is 16.9 Å². The van der Waals surface area contributed by atoms with Crippen molar-refractivity contribution in [3.63, 3.8) is 0 Å². The number of ether oxygens (including phenoxy) is 2. The fourth-order valence-electron chi connectivity index (χ4n) is 3.21. The molecule has 3 aromatic rings. The Labute approximate surface area is 191 Å². The number of anilines is 1. The summed E-state index contributed by atoms with van der Waals surface area (Å²) < 4.78 is 42.1. The fraction of sp³-hybridized carbons (Fsp3) is 0.227. The first-order valence-electron chi connectivity index (χ1n) is 9.78. The van der Waals surface area contributed by atoms with Crippen molar-refractivity contribution in [3.8, 4) is 16.9 Å². The van der Waals surface area contributed by atoms with Crippen LogP contribution < -0.4 is 4.90 Å². The van der Waals surface area contributed by atoms with Gasteiger partial charge in [-0.3, -0.25) is 4.55 Å². The van der Waals surface area contributed by atoms with Crippen molar-refractivity contribution in [1.82, 2.24) is 9.78 Å².